The number of carbonyl (C=O) groups excluding carboxylic acids is 2. The van der Waals surface area contributed by atoms with E-state index in [0.29, 0.717) is 9.13 Å². The van der Waals surface area contributed by atoms with Gasteiger partial charge in [-0.15, -0.1) is 0 Å². The van der Waals surface area contributed by atoms with Gasteiger partial charge in [0, 0.05) is 12.4 Å². The third kappa shape index (κ3) is 7.88. The minimum absolute atomic E-state index is 0.131. The van der Waals surface area contributed by atoms with Gasteiger partial charge >= 0.3 is 35.2 Å². The average Bonchev–Trinajstić information content (AvgIpc) is 3.36. The quantitative estimate of drug-likeness (QED) is 0.226. The maximum absolute atomic E-state index is 14.7. The summed E-state index contributed by atoms with van der Waals surface area (Å²) in [7, 11) is 0. The Morgan fingerprint density at radius 2 is 1.26 bits per heavy atom. The van der Waals surface area contributed by atoms with Crippen LogP contribution in [0.2, 0.25) is 0 Å². The zero-order valence-corrected chi connectivity index (χ0v) is 25.9. The molecule has 0 spiro atoms. The highest BCUT2D eigenvalue weighted by Gasteiger charge is 2.63. The predicted molar refractivity (Wildman–Crippen MR) is 152 cm³/mol. The Hall–Kier alpha value is -4.14. The summed E-state index contributed by atoms with van der Waals surface area (Å²) in [6.45, 7) is 5.85. The van der Waals surface area contributed by atoms with Gasteiger partial charge in [0.1, 0.15) is 23.8 Å². The minimum atomic E-state index is -3.75. The van der Waals surface area contributed by atoms with Crippen LogP contribution in [-0.4, -0.2) is 90.7 Å². The van der Waals surface area contributed by atoms with Gasteiger partial charge in [-0.1, -0.05) is 13.8 Å². The van der Waals surface area contributed by atoms with Crippen molar-refractivity contribution in [2.75, 3.05) is 24.7 Å². The summed E-state index contributed by atoms with van der Waals surface area (Å²) in [5.74, 6) is -10.1. The van der Waals surface area contributed by atoms with E-state index < -0.39 is 96.6 Å². The smallest absolute Gasteiger partial charge is 0.351 e. The van der Waals surface area contributed by atoms with E-state index >= 15 is 0 Å². The van der Waals surface area contributed by atoms with Crippen molar-refractivity contribution in [3.05, 3.63) is 45.5 Å². The number of aliphatic hydroxyl groups excluding tert-OH is 2. The average molecular weight is 681 g/mol. The molecule has 2 fully saturated rings. The van der Waals surface area contributed by atoms with Gasteiger partial charge < -0.3 is 40.6 Å². The molecule has 2 aromatic heterocycles. The lowest BCUT2D eigenvalue weighted by Crippen LogP contribution is -2.46. The molecule has 4 rings (SSSR count). The Morgan fingerprint density at radius 3 is 1.57 bits per heavy atom. The van der Waals surface area contributed by atoms with E-state index in [1.54, 1.807) is 0 Å². The molecule has 0 saturated carbocycles. The number of esters is 2. The maximum atomic E-state index is 14.7. The summed E-state index contributed by atoms with van der Waals surface area (Å²) in [5.41, 5.74) is 7.54. The van der Waals surface area contributed by atoms with E-state index in [1.807, 2.05) is 0 Å². The molecule has 4 heterocycles. The Morgan fingerprint density at radius 1 is 0.872 bits per heavy atom. The number of nitrogen functional groups attached to an aromatic ring is 2. The number of hydrogen-bond acceptors (Lipinski definition) is 14. The molecule has 0 aliphatic carbocycles. The largest absolute Gasteiger partial charge is 0.453 e. The summed E-state index contributed by atoms with van der Waals surface area (Å²) in [6.07, 6.45) is -9.14. The Labute approximate surface area is 264 Å². The van der Waals surface area contributed by atoms with E-state index in [1.165, 1.54) is 34.6 Å². The molecule has 0 aromatic carbocycles. The van der Waals surface area contributed by atoms with Crippen molar-refractivity contribution in [1.29, 1.82) is 0 Å². The second-order valence-electron chi connectivity index (χ2n) is 11.9. The number of rotatable bonds is 7. The fourth-order valence-electron chi connectivity index (χ4n) is 4.28. The van der Waals surface area contributed by atoms with Crippen molar-refractivity contribution in [2.24, 2.45) is 11.3 Å². The zero-order valence-electron chi connectivity index (χ0n) is 25.9. The van der Waals surface area contributed by atoms with Gasteiger partial charge in [0.2, 0.25) is 12.5 Å². The van der Waals surface area contributed by atoms with Crippen molar-refractivity contribution in [2.45, 2.75) is 83.3 Å². The van der Waals surface area contributed by atoms with Crippen molar-refractivity contribution in [3.63, 3.8) is 0 Å². The van der Waals surface area contributed by atoms with Gasteiger partial charge in [0.05, 0.1) is 24.5 Å². The number of aliphatic hydroxyl groups is 2. The molecule has 0 radical (unpaired) electrons. The highest BCUT2D eigenvalue weighted by atomic mass is 19.3. The van der Waals surface area contributed by atoms with Crippen molar-refractivity contribution in [3.8, 4) is 0 Å². The molecule has 6 atom stereocenters. The Balaban J connectivity index is 0.000000256. The Bertz CT molecular complexity index is 1560. The van der Waals surface area contributed by atoms with Crippen LogP contribution in [0.5, 0.6) is 0 Å². The topological polar surface area (TPSA) is 233 Å². The Kier molecular flexibility index (Phi) is 11.1. The van der Waals surface area contributed by atoms with Crippen LogP contribution in [0.1, 0.15) is 47.1 Å². The van der Waals surface area contributed by atoms with Crippen LogP contribution in [0.15, 0.2) is 34.1 Å². The lowest BCUT2D eigenvalue weighted by molar-refractivity contribution is -0.184. The molecule has 2 aliphatic rings. The van der Waals surface area contributed by atoms with Gasteiger partial charge in [-0.25, -0.2) is 9.59 Å². The monoisotopic (exact) mass is 680 g/mol. The number of aromatic nitrogens is 4. The van der Waals surface area contributed by atoms with E-state index in [2.05, 4.69) is 9.97 Å². The van der Waals surface area contributed by atoms with Gasteiger partial charge in [-0.05, 0) is 32.9 Å². The van der Waals surface area contributed by atoms with E-state index in [4.69, 9.17) is 30.4 Å². The summed E-state index contributed by atoms with van der Waals surface area (Å²) in [4.78, 5) is 53.8. The van der Waals surface area contributed by atoms with E-state index in [-0.39, 0.29) is 11.6 Å². The molecule has 0 bridgehead atoms. The molecule has 20 heteroatoms. The number of ether oxygens (including phenoxy) is 4. The first kappa shape index (κ1) is 37.3. The lowest BCUT2D eigenvalue weighted by Gasteiger charge is -2.26. The number of anilines is 2. The normalized spacial score (nSPS) is 26.4. The van der Waals surface area contributed by atoms with Crippen LogP contribution < -0.4 is 22.8 Å². The second-order valence-corrected chi connectivity index (χ2v) is 11.9. The lowest BCUT2D eigenvalue weighted by atomic mass is 9.97. The first-order valence-electron chi connectivity index (χ1n) is 14.1. The summed E-state index contributed by atoms with van der Waals surface area (Å²) in [5, 5.41) is 18.5. The van der Waals surface area contributed by atoms with Gasteiger partial charge in [0.15, 0.2) is 12.2 Å². The van der Waals surface area contributed by atoms with Crippen LogP contribution >= 0.6 is 0 Å². The van der Waals surface area contributed by atoms with E-state index in [9.17, 15) is 47.0 Å². The molecular weight excluding hydrogens is 644 g/mol. The first-order valence-corrected chi connectivity index (χ1v) is 14.1. The zero-order chi connectivity index (χ0) is 35.6. The van der Waals surface area contributed by atoms with Crippen LogP contribution in [-0.2, 0) is 28.5 Å². The highest BCUT2D eigenvalue weighted by molar-refractivity contribution is 5.75. The number of carbonyl (C=O) groups is 2. The molecular formula is C27H36F4N6O10. The highest BCUT2D eigenvalue weighted by Crippen LogP contribution is 2.45. The molecule has 2 aliphatic heterocycles. The number of nitrogens with zero attached hydrogens (tertiary/aromatic N) is 4. The molecule has 6 N–H and O–H groups in total. The first-order chi connectivity index (χ1) is 21.7. The number of hydrogen-bond donors (Lipinski definition) is 4. The summed E-state index contributed by atoms with van der Waals surface area (Å²) >= 11 is 0. The van der Waals surface area contributed by atoms with Crippen molar-refractivity contribution < 1.29 is 56.3 Å². The molecule has 2 aromatic rings. The van der Waals surface area contributed by atoms with Crippen LogP contribution in [0.3, 0.4) is 0 Å². The van der Waals surface area contributed by atoms with Crippen molar-refractivity contribution >= 4 is 23.6 Å². The third-order valence-corrected chi connectivity index (χ3v) is 6.83. The summed E-state index contributed by atoms with van der Waals surface area (Å²) in [6, 6.07) is 2.31. The van der Waals surface area contributed by atoms with E-state index in [0.717, 1.165) is 24.5 Å². The number of alkyl halides is 4. The maximum Gasteiger partial charge on any atom is 0.351 e. The summed E-state index contributed by atoms with van der Waals surface area (Å²) < 4.78 is 79.4. The third-order valence-electron chi connectivity index (χ3n) is 6.83. The SMILES string of the molecule is CC(C)(C)C(=O)OC1[C@@H](CO)O[C@@H](n2ccc(N)nc2=O)C1(F)F.CC(C)C(=O)OC1[C@@H](CO)O[C@@H](n2ccc(N)nc2=O)C1(F)F. The second kappa shape index (κ2) is 13.9. The van der Waals surface area contributed by atoms with Gasteiger partial charge in [-0.2, -0.15) is 27.5 Å². The van der Waals surface area contributed by atoms with Crippen molar-refractivity contribution in [1.82, 2.24) is 19.1 Å². The molecule has 0 amide bonds. The molecule has 47 heavy (non-hydrogen) atoms. The standard InChI is InChI=1S/C14H19F2N3O5.C13H17F2N3O5/c1-13(2,3)11(21)24-9-7(6-20)23-10(14(9,15)16)19-5-4-8(17)18-12(19)22;1-6(2)10(20)23-9-7(5-19)22-11(13(9,14)15)18-4-3-8(16)17-12(18)21/h4-5,7,9-10,20H,6H2,1-3H3,(H2,17,18,22);3-4,6-7,9,11,19H,5H2,1-2H3,(H2,16,17,21)/t7-,9?,10-;7-,9?,11-/m11/s1. The molecule has 262 valence electrons. The molecule has 2 saturated heterocycles. The molecule has 2 unspecified atom stereocenters. The number of nitrogens with two attached hydrogens (primary N) is 2. The van der Waals surface area contributed by atoms with Crippen LogP contribution in [0.4, 0.5) is 29.2 Å². The van der Waals surface area contributed by atoms with Crippen LogP contribution in [0, 0.1) is 11.3 Å². The van der Waals surface area contributed by atoms with Gasteiger partial charge in [0.25, 0.3) is 0 Å². The van der Waals surface area contributed by atoms with Crippen LogP contribution in [0.25, 0.3) is 0 Å². The fraction of sp³-hybridized carbons (Fsp3) is 0.630. The minimum Gasteiger partial charge on any atom is -0.453 e. The fourth-order valence-corrected chi connectivity index (χ4v) is 4.28. The van der Waals surface area contributed by atoms with Gasteiger partial charge in [-0.3, -0.25) is 18.7 Å². The molecule has 16 nitrogen and oxygen atoms in total. The number of halogens is 4. The predicted octanol–water partition coefficient (Wildman–Crippen LogP) is 0.227.